The Bertz CT molecular complexity index is 1460. The molecule has 1 aliphatic heterocycles. The van der Waals surface area contributed by atoms with Crippen LogP contribution in [0.3, 0.4) is 0 Å². The van der Waals surface area contributed by atoms with Crippen molar-refractivity contribution in [1.82, 2.24) is 25.1 Å². The highest BCUT2D eigenvalue weighted by atomic mass is 19.1. The maximum Gasteiger partial charge on any atom is 0.229 e. The topological polar surface area (TPSA) is 90.0 Å². The van der Waals surface area contributed by atoms with E-state index in [-0.39, 0.29) is 11.6 Å². The Hall–Kier alpha value is -4.11. The first-order chi connectivity index (χ1) is 18.5. The van der Waals surface area contributed by atoms with Gasteiger partial charge >= 0.3 is 0 Å². The molecule has 5 rings (SSSR count). The molecule has 196 valence electrons. The first-order valence-corrected chi connectivity index (χ1v) is 12.9. The van der Waals surface area contributed by atoms with Crippen LogP contribution in [-0.4, -0.2) is 64.6 Å². The van der Waals surface area contributed by atoms with E-state index in [1.165, 1.54) is 12.5 Å². The molecular weight excluding hydrogens is 481 g/mol. The van der Waals surface area contributed by atoms with Gasteiger partial charge in [0.05, 0.1) is 23.0 Å². The number of hydrogen-bond acceptors (Lipinski definition) is 7. The van der Waals surface area contributed by atoms with Crippen LogP contribution in [0.4, 0.5) is 21.7 Å². The van der Waals surface area contributed by atoms with Crippen molar-refractivity contribution in [3.8, 4) is 11.3 Å². The van der Waals surface area contributed by atoms with Crippen LogP contribution in [0.5, 0.6) is 0 Å². The van der Waals surface area contributed by atoms with Gasteiger partial charge in [-0.2, -0.15) is 10.1 Å². The maximum absolute atomic E-state index is 14.6. The Labute approximate surface area is 221 Å². The molecule has 0 aliphatic carbocycles. The van der Waals surface area contributed by atoms with Gasteiger partial charge in [-0.25, -0.2) is 9.37 Å². The van der Waals surface area contributed by atoms with E-state index in [1.807, 2.05) is 55.4 Å². The molecule has 2 N–H and O–H groups in total. The predicted octanol–water partition coefficient (Wildman–Crippen LogP) is 5.12. The molecule has 2 aromatic heterocycles. The monoisotopic (exact) mass is 513 g/mol. The fraction of sp³-hybridized carbons (Fsp3) is 0.310. The van der Waals surface area contributed by atoms with Gasteiger partial charge in [0.1, 0.15) is 5.82 Å². The number of ketones is 1. The molecule has 9 heteroatoms. The molecule has 2 aromatic carbocycles. The van der Waals surface area contributed by atoms with E-state index in [2.05, 4.69) is 25.4 Å². The van der Waals surface area contributed by atoms with Crippen LogP contribution in [0.25, 0.3) is 22.3 Å². The number of likely N-dealkylation sites (N-methyl/N-ethyl adjacent to an activating group) is 1. The number of nitrogens with zero attached hydrogens (tertiary/aromatic N) is 5. The molecule has 8 nitrogen and oxygen atoms in total. The van der Waals surface area contributed by atoms with Crippen LogP contribution in [0.2, 0.25) is 0 Å². The lowest BCUT2D eigenvalue weighted by atomic mass is 10.0. The summed E-state index contributed by atoms with van der Waals surface area (Å²) in [6, 6.07) is 12.8. The molecule has 4 aromatic rings. The van der Waals surface area contributed by atoms with Gasteiger partial charge < -0.3 is 15.1 Å². The fourth-order valence-electron chi connectivity index (χ4n) is 4.69. The van der Waals surface area contributed by atoms with Crippen LogP contribution in [0.1, 0.15) is 24.8 Å². The van der Waals surface area contributed by atoms with Crippen molar-refractivity contribution in [3.63, 3.8) is 0 Å². The molecule has 1 saturated heterocycles. The first-order valence-electron chi connectivity index (χ1n) is 12.9. The van der Waals surface area contributed by atoms with E-state index in [9.17, 15) is 9.18 Å². The zero-order valence-corrected chi connectivity index (χ0v) is 21.7. The third-order valence-corrected chi connectivity index (χ3v) is 6.56. The average molecular weight is 514 g/mol. The number of nitrogens with one attached hydrogen (secondary N) is 2. The standard InChI is InChI=1S/C29H32FN7O/c1-36(2)13-7-10-23(38)17-20-8-6-9-21(16-20)27-24-19-31-35-28(24)34-29(33-27)32-22-11-12-25(30)26(18-22)37-14-4-3-5-15-37/h6-12,16,18-19H,3-5,13-15,17H2,1-2H3,(H2,31,32,33,34,35)/b10-7+. The second-order valence-electron chi connectivity index (χ2n) is 9.88. The summed E-state index contributed by atoms with van der Waals surface area (Å²) in [6.07, 6.45) is 8.82. The first kappa shape index (κ1) is 25.5. The number of rotatable bonds is 9. The molecule has 0 atom stereocenters. The summed E-state index contributed by atoms with van der Waals surface area (Å²) in [4.78, 5) is 25.9. The third kappa shape index (κ3) is 6.06. The van der Waals surface area contributed by atoms with Gasteiger partial charge in [0.15, 0.2) is 11.4 Å². The largest absolute Gasteiger partial charge is 0.369 e. The van der Waals surface area contributed by atoms with Gasteiger partial charge in [0, 0.05) is 37.3 Å². The molecule has 38 heavy (non-hydrogen) atoms. The Balaban J connectivity index is 1.41. The van der Waals surface area contributed by atoms with Crippen LogP contribution in [-0.2, 0) is 11.2 Å². The van der Waals surface area contributed by atoms with Gasteiger partial charge in [-0.1, -0.05) is 24.3 Å². The quantitative estimate of drug-likeness (QED) is 0.300. The average Bonchev–Trinajstić information content (AvgIpc) is 3.38. The lowest BCUT2D eigenvalue weighted by Crippen LogP contribution is -2.30. The number of anilines is 3. The van der Waals surface area contributed by atoms with Crippen molar-refractivity contribution in [2.45, 2.75) is 25.7 Å². The number of halogens is 1. The Kier molecular flexibility index (Phi) is 7.74. The summed E-state index contributed by atoms with van der Waals surface area (Å²) >= 11 is 0. The summed E-state index contributed by atoms with van der Waals surface area (Å²) in [5.41, 5.74) is 4.34. The van der Waals surface area contributed by atoms with Crippen molar-refractivity contribution in [2.24, 2.45) is 0 Å². The molecular formula is C29H32FN7O. The summed E-state index contributed by atoms with van der Waals surface area (Å²) in [7, 11) is 3.92. The summed E-state index contributed by atoms with van der Waals surface area (Å²) in [5.74, 6) is 0.190. The highest BCUT2D eigenvalue weighted by Gasteiger charge is 2.17. The van der Waals surface area contributed by atoms with Crippen LogP contribution in [0, 0.1) is 5.82 Å². The Morgan fingerprint density at radius 1 is 1.13 bits per heavy atom. The normalized spacial score (nSPS) is 14.1. The number of aromatic nitrogens is 4. The molecule has 0 saturated carbocycles. The van der Waals surface area contributed by atoms with Crippen molar-refractivity contribution in [1.29, 1.82) is 0 Å². The number of carbonyl (C=O) groups excluding carboxylic acids is 1. The third-order valence-electron chi connectivity index (χ3n) is 6.56. The van der Waals surface area contributed by atoms with E-state index in [0.29, 0.717) is 41.6 Å². The van der Waals surface area contributed by atoms with E-state index < -0.39 is 0 Å². The van der Waals surface area contributed by atoms with Crippen LogP contribution in [0.15, 0.2) is 60.8 Å². The predicted molar refractivity (Wildman–Crippen MR) is 149 cm³/mol. The second kappa shape index (κ2) is 11.5. The highest BCUT2D eigenvalue weighted by molar-refractivity contribution is 5.93. The lowest BCUT2D eigenvalue weighted by molar-refractivity contribution is -0.114. The molecule has 0 bridgehead atoms. The molecule has 1 aliphatic rings. The van der Waals surface area contributed by atoms with E-state index in [0.717, 1.165) is 42.4 Å². The number of hydrogen-bond donors (Lipinski definition) is 2. The number of H-pyrrole nitrogens is 1. The van der Waals surface area contributed by atoms with Gasteiger partial charge in [-0.3, -0.25) is 9.89 Å². The zero-order chi connectivity index (χ0) is 26.5. The van der Waals surface area contributed by atoms with Crippen molar-refractivity contribution in [2.75, 3.05) is 43.9 Å². The Morgan fingerprint density at radius 3 is 2.79 bits per heavy atom. The number of allylic oxidation sites excluding steroid dienone is 1. The van der Waals surface area contributed by atoms with Crippen LogP contribution >= 0.6 is 0 Å². The van der Waals surface area contributed by atoms with E-state index >= 15 is 0 Å². The van der Waals surface area contributed by atoms with Gasteiger partial charge in [-0.05, 0) is 69.3 Å². The van der Waals surface area contributed by atoms with Crippen molar-refractivity contribution < 1.29 is 9.18 Å². The highest BCUT2D eigenvalue weighted by Crippen LogP contribution is 2.30. The van der Waals surface area contributed by atoms with Crippen molar-refractivity contribution >= 4 is 34.1 Å². The number of carbonyl (C=O) groups is 1. The minimum absolute atomic E-state index is 0.0447. The number of aromatic amines is 1. The SMILES string of the molecule is CN(C)C/C=C/C(=O)Cc1cccc(-c2nc(Nc3ccc(F)c(N4CCCCC4)c3)nc3[nH]ncc23)c1. The molecule has 0 spiro atoms. The van der Waals surface area contributed by atoms with E-state index in [1.54, 1.807) is 18.3 Å². The summed E-state index contributed by atoms with van der Waals surface area (Å²) in [5, 5.41) is 11.1. The molecule has 3 heterocycles. The molecule has 1 fully saturated rings. The summed E-state index contributed by atoms with van der Waals surface area (Å²) < 4.78 is 14.6. The maximum atomic E-state index is 14.6. The lowest BCUT2D eigenvalue weighted by Gasteiger charge is -2.29. The van der Waals surface area contributed by atoms with Gasteiger partial charge in [0.2, 0.25) is 5.95 Å². The molecule has 0 radical (unpaired) electrons. The molecule has 0 amide bonds. The fourth-order valence-corrected chi connectivity index (χ4v) is 4.69. The second-order valence-corrected chi connectivity index (χ2v) is 9.88. The van der Waals surface area contributed by atoms with E-state index in [4.69, 9.17) is 4.98 Å². The molecule has 0 unspecified atom stereocenters. The zero-order valence-electron chi connectivity index (χ0n) is 21.7. The summed E-state index contributed by atoms with van der Waals surface area (Å²) in [6.45, 7) is 2.42. The number of benzene rings is 2. The van der Waals surface area contributed by atoms with Gasteiger partial charge in [-0.15, -0.1) is 0 Å². The number of piperidine rings is 1. The Morgan fingerprint density at radius 2 is 1.97 bits per heavy atom. The number of fused-ring (bicyclic) bond motifs is 1. The van der Waals surface area contributed by atoms with Crippen molar-refractivity contribution in [3.05, 3.63) is 72.2 Å². The van der Waals surface area contributed by atoms with Gasteiger partial charge in [0.25, 0.3) is 0 Å². The van der Waals surface area contributed by atoms with Crippen LogP contribution < -0.4 is 10.2 Å². The smallest absolute Gasteiger partial charge is 0.229 e. The minimum atomic E-state index is -0.231. The minimum Gasteiger partial charge on any atom is -0.369 e.